The second kappa shape index (κ2) is 6.56. The Hall–Kier alpha value is -2.89. The van der Waals surface area contributed by atoms with Gasteiger partial charge in [-0.05, 0) is 61.3 Å². The van der Waals surface area contributed by atoms with E-state index in [1.807, 2.05) is 48.2 Å². The molecule has 2 bridgehead atoms. The quantitative estimate of drug-likeness (QED) is 0.624. The Balaban J connectivity index is 1.53. The van der Waals surface area contributed by atoms with Crippen LogP contribution in [0.1, 0.15) is 56.2 Å². The lowest BCUT2D eigenvalue weighted by atomic mass is 9.65. The summed E-state index contributed by atoms with van der Waals surface area (Å²) < 4.78 is 7.30. The number of aromatic nitrogens is 3. The van der Waals surface area contributed by atoms with Crippen molar-refractivity contribution in [3.05, 3.63) is 54.0 Å². The van der Waals surface area contributed by atoms with Crippen LogP contribution < -0.4 is 0 Å². The van der Waals surface area contributed by atoms with Gasteiger partial charge >= 0.3 is 0 Å². The van der Waals surface area contributed by atoms with E-state index in [1.54, 1.807) is 10.9 Å². The van der Waals surface area contributed by atoms with Crippen LogP contribution in [0.4, 0.5) is 0 Å². The molecule has 2 aromatic heterocycles. The summed E-state index contributed by atoms with van der Waals surface area (Å²) in [5.41, 5.74) is 2.44. The molecule has 1 amide bonds. The molecule has 3 heterocycles. The molecule has 0 N–H and O–H groups in total. The average molecular weight is 405 g/mol. The van der Waals surface area contributed by atoms with Gasteiger partial charge < -0.3 is 9.32 Å². The minimum atomic E-state index is -0.0832. The molecule has 1 saturated carbocycles. The van der Waals surface area contributed by atoms with Gasteiger partial charge in [-0.3, -0.25) is 4.79 Å². The minimum absolute atomic E-state index is 0.0832. The van der Waals surface area contributed by atoms with E-state index < -0.39 is 0 Å². The fourth-order valence-corrected chi connectivity index (χ4v) is 5.66. The number of aryl methyl sites for hydroxylation is 1. The number of nitrogens with zero attached hydrogens (tertiary/aromatic N) is 4. The Morgan fingerprint density at radius 1 is 1.13 bits per heavy atom. The van der Waals surface area contributed by atoms with Crippen molar-refractivity contribution in [2.75, 3.05) is 6.54 Å². The highest BCUT2D eigenvalue weighted by Gasteiger charge is 2.51. The van der Waals surface area contributed by atoms with Crippen LogP contribution in [0, 0.1) is 17.8 Å². The summed E-state index contributed by atoms with van der Waals surface area (Å²) in [5, 5.41) is 4.64. The van der Waals surface area contributed by atoms with E-state index in [0.29, 0.717) is 11.6 Å². The van der Waals surface area contributed by atoms with Crippen LogP contribution in [0.15, 0.2) is 47.1 Å². The second-order valence-corrected chi connectivity index (χ2v) is 10.1. The van der Waals surface area contributed by atoms with Gasteiger partial charge in [0, 0.05) is 12.6 Å². The van der Waals surface area contributed by atoms with Crippen molar-refractivity contribution in [1.82, 2.24) is 19.7 Å². The van der Waals surface area contributed by atoms with Crippen LogP contribution >= 0.6 is 0 Å². The van der Waals surface area contributed by atoms with Gasteiger partial charge in [0.1, 0.15) is 0 Å². The lowest BCUT2D eigenvalue weighted by Gasteiger charge is -2.39. The fourth-order valence-electron chi connectivity index (χ4n) is 5.66. The average Bonchev–Trinajstić information content (AvgIpc) is 3.38. The summed E-state index contributed by atoms with van der Waals surface area (Å²) in [6.45, 7) is 9.74. The summed E-state index contributed by atoms with van der Waals surface area (Å²) in [5.74, 6) is 1.28. The number of carbonyl (C=O) groups is 1. The number of rotatable bonds is 3. The zero-order valence-corrected chi connectivity index (χ0v) is 18.1. The van der Waals surface area contributed by atoms with Crippen molar-refractivity contribution in [2.24, 2.45) is 10.8 Å². The standard InChI is InChI=1S/C24H28N4O2/c1-16-7-9-17(10-8-16)28-21(19-6-5-11-30-19)25-20(26-28)22(29)27-15-24(4)13-18(27)12-23(2,3)14-24/h5-11,18H,12-15H2,1-4H3/t18-,24+/m1/s1. The van der Waals surface area contributed by atoms with E-state index in [2.05, 4.69) is 30.9 Å². The van der Waals surface area contributed by atoms with Crippen LogP contribution in [-0.2, 0) is 0 Å². The molecular weight excluding hydrogens is 376 g/mol. The van der Waals surface area contributed by atoms with Crippen molar-refractivity contribution in [3.8, 4) is 17.3 Å². The molecule has 0 spiro atoms. The third kappa shape index (κ3) is 3.24. The van der Waals surface area contributed by atoms with E-state index in [-0.39, 0.29) is 28.6 Å². The van der Waals surface area contributed by atoms with Gasteiger partial charge in [0.05, 0.1) is 12.0 Å². The summed E-state index contributed by atoms with van der Waals surface area (Å²) in [4.78, 5) is 20.2. The van der Waals surface area contributed by atoms with E-state index in [4.69, 9.17) is 4.42 Å². The molecule has 3 aromatic rings. The number of hydrogen-bond donors (Lipinski definition) is 0. The van der Waals surface area contributed by atoms with E-state index in [0.717, 1.165) is 37.1 Å². The van der Waals surface area contributed by atoms with Gasteiger partial charge in [0.15, 0.2) is 11.6 Å². The minimum Gasteiger partial charge on any atom is -0.461 e. The zero-order valence-electron chi connectivity index (χ0n) is 18.1. The number of hydrogen-bond acceptors (Lipinski definition) is 4. The van der Waals surface area contributed by atoms with E-state index in [9.17, 15) is 4.79 Å². The molecule has 0 radical (unpaired) electrons. The van der Waals surface area contributed by atoms with Gasteiger partial charge in [-0.2, -0.15) is 4.98 Å². The summed E-state index contributed by atoms with van der Waals surface area (Å²) >= 11 is 0. The normalized spacial score (nSPS) is 24.9. The molecule has 2 aliphatic rings. The van der Waals surface area contributed by atoms with Crippen molar-refractivity contribution >= 4 is 5.91 Å². The number of benzene rings is 1. The molecule has 0 unspecified atom stereocenters. The highest BCUT2D eigenvalue weighted by atomic mass is 16.3. The van der Waals surface area contributed by atoms with Crippen molar-refractivity contribution in [2.45, 2.75) is 53.0 Å². The highest BCUT2D eigenvalue weighted by Crippen LogP contribution is 2.52. The summed E-state index contributed by atoms with van der Waals surface area (Å²) in [6.07, 6.45) is 4.84. The molecule has 2 fully saturated rings. The maximum atomic E-state index is 13.5. The first-order valence-electron chi connectivity index (χ1n) is 10.6. The second-order valence-electron chi connectivity index (χ2n) is 10.1. The topological polar surface area (TPSA) is 64.2 Å². The largest absolute Gasteiger partial charge is 0.461 e. The summed E-state index contributed by atoms with van der Waals surface area (Å²) in [6, 6.07) is 11.9. The van der Waals surface area contributed by atoms with Crippen LogP contribution in [0.3, 0.4) is 0 Å². The SMILES string of the molecule is Cc1ccc(-n2nc(C(=O)N3C[C@@]4(C)C[C@H]3CC(C)(C)C4)nc2-c2ccco2)cc1. The van der Waals surface area contributed by atoms with Gasteiger partial charge in [-0.1, -0.05) is 38.5 Å². The first kappa shape index (κ1) is 19.1. The highest BCUT2D eigenvalue weighted by molar-refractivity contribution is 5.91. The molecule has 1 aromatic carbocycles. The third-order valence-corrected chi connectivity index (χ3v) is 6.49. The van der Waals surface area contributed by atoms with E-state index >= 15 is 0 Å². The van der Waals surface area contributed by atoms with Crippen molar-refractivity contribution < 1.29 is 9.21 Å². The first-order chi connectivity index (χ1) is 14.2. The Labute approximate surface area is 176 Å². The van der Waals surface area contributed by atoms with Gasteiger partial charge in [-0.15, -0.1) is 5.10 Å². The number of amides is 1. The smallest absolute Gasteiger partial charge is 0.293 e. The Kier molecular flexibility index (Phi) is 4.17. The first-order valence-corrected chi connectivity index (χ1v) is 10.6. The lowest BCUT2D eigenvalue weighted by molar-refractivity contribution is 0.0696. The summed E-state index contributed by atoms with van der Waals surface area (Å²) in [7, 11) is 0. The third-order valence-electron chi connectivity index (χ3n) is 6.49. The lowest BCUT2D eigenvalue weighted by Crippen LogP contribution is -2.38. The molecule has 1 aliphatic carbocycles. The molecule has 6 nitrogen and oxygen atoms in total. The number of likely N-dealkylation sites (tertiary alicyclic amines) is 1. The molecular formula is C24H28N4O2. The van der Waals surface area contributed by atoms with E-state index in [1.165, 1.54) is 0 Å². The molecule has 5 rings (SSSR count). The van der Waals surface area contributed by atoms with Crippen molar-refractivity contribution in [1.29, 1.82) is 0 Å². The molecule has 156 valence electrons. The van der Waals surface area contributed by atoms with Gasteiger partial charge in [0.2, 0.25) is 5.82 Å². The molecule has 1 aliphatic heterocycles. The number of carbonyl (C=O) groups excluding carboxylic acids is 1. The Morgan fingerprint density at radius 3 is 2.60 bits per heavy atom. The molecule has 30 heavy (non-hydrogen) atoms. The molecule has 6 heteroatoms. The Bertz CT molecular complexity index is 1080. The van der Waals surface area contributed by atoms with Crippen LogP contribution in [0.25, 0.3) is 17.3 Å². The number of fused-ring (bicyclic) bond motifs is 2. The Morgan fingerprint density at radius 2 is 1.90 bits per heavy atom. The monoisotopic (exact) mass is 404 g/mol. The fraction of sp³-hybridized carbons (Fsp3) is 0.458. The molecule has 1 saturated heterocycles. The predicted octanol–water partition coefficient (Wildman–Crippen LogP) is 4.88. The van der Waals surface area contributed by atoms with Gasteiger partial charge in [-0.25, -0.2) is 4.68 Å². The maximum Gasteiger partial charge on any atom is 0.293 e. The maximum absolute atomic E-state index is 13.5. The van der Waals surface area contributed by atoms with Crippen LogP contribution in [0.5, 0.6) is 0 Å². The zero-order chi connectivity index (χ0) is 21.1. The molecule has 2 atom stereocenters. The van der Waals surface area contributed by atoms with Crippen LogP contribution in [-0.4, -0.2) is 38.2 Å². The van der Waals surface area contributed by atoms with Gasteiger partial charge in [0.25, 0.3) is 5.91 Å². The predicted molar refractivity (Wildman–Crippen MR) is 114 cm³/mol. The number of furan rings is 1. The van der Waals surface area contributed by atoms with Crippen LogP contribution in [0.2, 0.25) is 0 Å². The van der Waals surface area contributed by atoms with Crippen molar-refractivity contribution in [3.63, 3.8) is 0 Å².